The molecule has 1 amide bonds. The molecule has 6 heteroatoms. The highest BCUT2D eigenvalue weighted by Gasteiger charge is 2.18. The average Bonchev–Trinajstić information content (AvgIpc) is 3.33. The third-order valence-corrected chi connectivity index (χ3v) is 13.0. The SMILES string of the molecule is CCCCC/C=C\C/C=C\CCCCCCCCCCCC(=O)OCCCCC/C=C\C=C/CCCCCCCCCCCCC(=O)NC(CO)C(O)/C=C/CCCCCCCCCCCC. The Morgan fingerprint density at radius 3 is 1.25 bits per heavy atom. The van der Waals surface area contributed by atoms with Crippen LogP contribution >= 0.6 is 0 Å². The van der Waals surface area contributed by atoms with Gasteiger partial charge in [0, 0.05) is 12.8 Å². The molecular weight excluding hydrogens is 827 g/mol. The van der Waals surface area contributed by atoms with E-state index < -0.39 is 12.1 Å². The van der Waals surface area contributed by atoms with E-state index in [0.717, 1.165) is 83.5 Å². The van der Waals surface area contributed by atoms with E-state index in [1.165, 1.54) is 180 Å². The van der Waals surface area contributed by atoms with E-state index in [9.17, 15) is 19.8 Å². The molecule has 0 aromatic carbocycles. The van der Waals surface area contributed by atoms with Crippen LogP contribution in [0.2, 0.25) is 0 Å². The molecule has 0 fully saturated rings. The second kappa shape index (κ2) is 56.2. The Labute approximate surface area is 416 Å². The maximum atomic E-state index is 12.4. The lowest BCUT2D eigenvalue weighted by atomic mass is 10.0. The Morgan fingerprint density at radius 1 is 0.433 bits per heavy atom. The highest BCUT2D eigenvalue weighted by molar-refractivity contribution is 5.76. The van der Waals surface area contributed by atoms with Crippen molar-refractivity contribution in [3.05, 3.63) is 60.8 Å². The van der Waals surface area contributed by atoms with Crippen molar-refractivity contribution in [2.75, 3.05) is 13.2 Å². The van der Waals surface area contributed by atoms with Gasteiger partial charge in [-0.05, 0) is 96.3 Å². The predicted octanol–water partition coefficient (Wildman–Crippen LogP) is 18.0. The van der Waals surface area contributed by atoms with E-state index in [4.69, 9.17) is 4.74 Å². The Morgan fingerprint density at radius 2 is 0.791 bits per heavy atom. The number of hydrogen-bond acceptors (Lipinski definition) is 5. The predicted molar refractivity (Wildman–Crippen MR) is 292 cm³/mol. The maximum Gasteiger partial charge on any atom is 0.305 e. The molecule has 0 aliphatic rings. The molecule has 0 radical (unpaired) electrons. The van der Waals surface area contributed by atoms with E-state index in [-0.39, 0.29) is 18.5 Å². The first-order valence-corrected chi connectivity index (χ1v) is 29.1. The van der Waals surface area contributed by atoms with Crippen LogP contribution in [-0.2, 0) is 14.3 Å². The Kier molecular flexibility index (Phi) is 54.1. The molecule has 0 aliphatic carbocycles. The molecule has 2 unspecified atom stereocenters. The van der Waals surface area contributed by atoms with Gasteiger partial charge in [0.1, 0.15) is 0 Å². The fourth-order valence-electron chi connectivity index (χ4n) is 8.54. The second-order valence-corrected chi connectivity index (χ2v) is 19.6. The summed E-state index contributed by atoms with van der Waals surface area (Å²) in [6.45, 7) is 4.82. The largest absolute Gasteiger partial charge is 0.466 e. The smallest absolute Gasteiger partial charge is 0.305 e. The van der Waals surface area contributed by atoms with Gasteiger partial charge < -0.3 is 20.3 Å². The van der Waals surface area contributed by atoms with Crippen LogP contribution in [0.1, 0.15) is 290 Å². The summed E-state index contributed by atoms with van der Waals surface area (Å²) in [7, 11) is 0. The molecule has 67 heavy (non-hydrogen) atoms. The fraction of sp³-hybridized carbons (Fsp3) is 0.803. The van der Waals surface area contributed by atoms with Crippen LogP contribution in [0.5, 0.6) is 0 Å². The number of allylic oxidation sites excluding steroid dienone is 9. The van der Waals surface area contributed by atoms with E-state index in [1.807, 2.05) is 6.08 Å². The molecule has 0 spiro atoms. The van der Waals surface area contributed by atoms with Gasteiger partial charge in [-0.25, -0.2) is 0 Å². The standard InChI is InChI=1S/C61H111NO5/c1-3-5-7-9-11-13-15-17-18-19-21-25-28-31-35-39-43-47-51-55-61(66)67-56-52-48-44-40-36-32-29-26-23-20-22-24-27-30-34-38-42-46-50-54-60(65)62-58(57-63)59(64)53-49-45-41-37-33-16-14-12-10-8-6-4-2/h11,13,17-18,26,29,32,36,49,53,58-59,63-64H,3-10,12,14-16,19-25,27-28,30-31,33-35,37-48,50-52,54-57H2,1-2H3,(H,62,65)/b13-11-,18-17-,29-26-,36-32-,53-49+. The summed E-state index contributed by atoms with van der Waals surface area (Å²) in [4.78, 5) is 24.5. The normalized spacial score (nSPS) is 13.1. The molecule has 0 heterocycles. The number of nitrogens with one attached hydrogen (secondary N) is 1. The number of hydrogen-bond donors (Lipinski definition) is 3. The van der Waals surface area contributed by atoms with Crippen LogP contribution in [0, 0.1) is 0 Å². The molecule has 0 rings (SSSR count). The molecule has 0 aromatic rings. The average molecular weight is 939 g/mol. The van der Waals surface area contributed by atoms with Crippen molar-refractivity contribution in [2.24, 2.45) is 0 Å². The molecule has 0 saturated carbocycles. The van der Waals surface area contributed by atoms with Gasteiger partial charge in [0.05, 0.1) is 25.4 Å². The summed E-state index contributed by atoms with van der Waals surface area (Å²) in [5.41, 5.74) is 0. The lowest BCUT2D eigenvalue weighted by molar-refractivity contribution is -0.143. The highest BCUT2D eigenvalue weighted by Crippen LogP contribution is 2.15. The molecule has 2 atom stereocenters. The third kappa shape index (κ3) is 52.8. The minimum Gasteiger partial charge on any atom is -0.466 e. The number of aliphatic hydroxyl groups is 2. The molecular formula is C61H111NO5. The minimum absolute atomic E-state index is 0.0188. The molecule has 390 valence electrons. The summed E-state index contributed by atoms with van der Waals surface area (Å²) in [6, 6.07) is -0.636. The second-order valence-electron chi connectivity index (χ2n) is 19.6. The van der Waals surface area contributed by atoms with Gasteiger partial charge in [-0.1, -0.05) is 242 Å². The minimum atomic E-state index is -0.851. The zero-order valence-corrected chi connectivity index (χ0v) is 44.4. The van der Waals surface area contributed by atoms with Gasteiger partial charge in [-0.15, -0.1) is 0 Å². The van der Waals surface area contributed by atoms with Crippen LogP contribution in [0.25, 0.3) is 0 Å². The number of aliphatic hydroxyl groups excluding tert-OH is 2. The number of rotatable bonds is 53. The number of carbonyl (C=O) groups is 2. The maximum absolute atomic E-state index is 12.4. The van der Waals surface area contributed by atoms with Gasteiger partial charge in [-0.3, -0.25) is 9.59 Å². The summed E-state index contributed by atoms with van der Waals surface area (Å²) in [5, 5.41) is 23.0. The van der Waals surface area contributed by atoms with Crippen molar-refractivity contribution in [2.45, 2.75) is 302 Å². The first-order valence-electron chi connectivity index (χ1n) is 29.1. The van der Waals surface area contributed by atoms with Crippen molar-refractivity contribution in [3.8, 4) is 0 Å². The monoisotopic (exact) mass is 938 g/mol. The van der Waals surface area contributed by atoms with Crippen molar-refractivity contribution < 1.29 is 24.5 Å². The zero-order valence-electron chi connectivity index (χ0n) is 44.4. The van der Waals surface area contributed by atoms with Crippen molar-refractivity contribution in [1.29, 1.82) is 0 Å². The van der Waals surface area contributed by atoms with Crippen LogP contribution in [0.4, 0.5) is 0 Å². The van der Waals surface area contributed by atoms with Crippen LogP contribution < -0.4 is 5.32 Å². The van der Waals surface area contributed by atoms with Crippen molar-refractivity contribution in [3.63, 3.8) is 0 Å². The molecule has 3 N–H and O–H groups in total. The summed E-state index contributed by atoms with van der Waals surface area (Å²) >= 11 is 0. The number of amides is 1. The van der Waals surface area contributed by atoms with E-state index in [1.54, 1.807) is 6.08 Å². The zero-order chi connectivity index (χ0) is 48.6. The topological polar surface area (TPSA) is 95.9 Å². The van der Waals surface area contributed by atoms with E-state index in [0.29, 0.717) is 19.4 Å². The quantitative estimate of drug-likeness (QED) is 0.0244. The lowest BCUT2D eigenvalue weighted by Crippen LogP contribution is -2.45. The van der Waals surface area contributed by atoms with Crippen LogP contribution in [0.3, 0.4) is 0 Å². The van der Waals surface area contributed by atoms with E-state index >= 15 is 0 Å². The number of carbonyl (C=O) groups excluding carboxylic acids is 2. The first kappa shape index (κ1) is 64.6. The number of esters is 1. The molecule has 0 bridgehead atoms. The van der Waals surface area contributed by atoms with Gasteiger partial charge in [0.2, 0.25) is 5.91 Å². The number of ether oxygens (including phenoxy) is 1. The summed E-state index contributed by atoms with van der Waals surface area (Å²) < 4.78 is 5.46. The van der Waals surface area contributed by atoms with Gasteiger partial charge in [0.25, 0.3) is 0 Å². The van der Waals surface area contributed by atoms with Crippen molar-refractivity contribution in [1.82, 2.24) is 5.32 Å². The number of unbranched alkanes of at least 4 members (excludes halogenated alkanes) is 35. The molecule has 0 aromatic heterocycles. The van der Waals surface area contributed by atoms with Crippen LogP contribution in [0.15, 0.2) is 60.8 Å². The summed E-state index contributed by atoms with van der Waals surface area (Å²) in [6.07, 6.45) is 72.4. The molecule has 6 nitrogen and oxygen atoms in total. The highest BCUT2D eigenvalue weighted by atomic mass is 16.5. The van der Waals surface area contributed by atoms with E-state index in [2.05, 4.69) is 67.8 Å². The Hall–Kier alpha value is -2.44. The fourth-order valence-corrected chi connectivity index (χ4v) is 8.54. The lowest BCUT2D eigenvalue weighted by Gasteiger charge is -2.20. The van der Waals surface area contributed by atoms with Gasteiger partial charge in [0.15, 0.2) is 0 Å². The van der Waals surface area contributed by atoms with Gasteiger partial charge >= 0.3 is 5.97 Å². The Balaban J connectivity index is 3.49. The third-order valence-electron chi connectivity index (χ3n) is 13.0. The van der Waals surface area contributed by atoms with Crippen LogP contribution in [-0.4, -0.2) is 47.4 Å². The van der Waals surface area contributed by atoms with Crippen molar-refractivity contribution >= 4 is 11.9 Å². The molecule has 0 saturated heterocycles. The summed E-state index contributed by atoms with van der Waals surface area (Å²) in [5.74, 6) is -0.0986. The first-order chi connectivity index (χ1) is 33.0. The molecule has 0 aliphatic heterocycles. The van der Waals surface area contributed by atoms with Gasteiger partial charge in [-0.2, -0.15) is 0 Å². The Bertz CT molecular complexity index is 1170.